The van der Waals surface area contributed by atoms with Gasteiger partial charge in [-0.25, -0.2) is 8.78 Å². The molecular weight excluding hydrogens is 252 g/mol. The van der Waals surface area contributed by atoms with Crippen molar-refractivity contribution in [3.8, 4) is 5.75 Å². The van der Waals surface area contributed by atoms with Crippen molar-refractivity contribution in [1.82, 2.24) is 9.78 Å². The predicted octanol–water partition coefficient (Wildman–Crippen LogP) is 1.95. The predicted molar refractivity (Wildman–Crippen MR) is 66.8 cm³/mol. The molecule has 2 aromatic rings. The standard InChI is InChI=1S/C13H15F2N3O/c1-18-13(12(19-2)7-17-18)11(16)5-8-3-9(14)6-10(15)4-8/h3-4,6-7,11H,5,16H2,1-2H3. The Morgan fingerprint density at radius 2 is 1.95 bits per heavy atom. The van der Waals surface area contributed by atoms with Crippen LogP contribution in [0.2, 0.25) is 0 Å². The second-order valence-electron chi connectivity index (χ2n) is 4.31. The Hall–Kier alpha value is -1.95. The summed E-state index contributed by atoms with van der Waals surface area (Å²) in [6.45, 7) is 0. The molecule has 1 aromatic carbocycles. The van der Waals surface area contributed by atoms with Crippen molar-refractivity contribution < 1.29 is 13.5 Å². The fourth-order valence-electron chi connectivity index (χ4n) is 2.09. The monoisotopic (exact) mass is 267 g/mol. The maximum absolute atomic E-state index is 13.1. The van der Waals surface area contributed by atoms with E-state index in [1.54, 1.807) is 17.9 Å². The summed E-state index contributed by atoms with van der Waals surface area (Å²) in [7, 11) is 3.26. The van der Waals surface area contributed by atoms with Gasteiger partial charge in [0.05, 0.1) is 25.0 Å². The second kappa shape index (κ2) is 5.36. The minimum Gasteiger partial charge on any atom is -0.493 e. The molecule has 2 rings (SSSR count). The molecule has 19 heavy (non-hydrogen) atoms. The van der Waals surface area contributed by atoms with Crippen LogP contribution in [0.3, 0.4) is 0 Å². The summed E-state index contributed by atoms with van der Waals surface area (Å²) in [6, 6.07) is 2.92. The average Bonchev–Trinajstić information content (AvgIpc) is 2.68. The van der Waals surface area contributed by atoms with Gasteiger partial charge in [-0.2, -0.15) is 5.10 Å². The molecule has 0 spiro atoms. The first-order chi connectivity index (χ1) is 9.01. The van der Waals surface area contributed by atoms with Gasteiger partial charge in [-0.05, 0) is 24.1 Å². The molecule has 0 aliphatic heterocycles. The summed E-state index contributed by atoms with van der Waals surface area (Å²) in [6.07, 6.45) is 1.85. The third kappa shape index (κ3) is 2.90. The molecule has 2 N–H and O–H groups in total. The van der Waals surface area contributed by atoms with Crippen molar-refractivity contribution in [3.63, 3.8) is 0 Å². The molecule has 1 aromatic heterocycles. The van der Waals surface area contributed by atoms with Crippen LogP contribution in [-0.4, -0.2) is 16.9 Å². The highest BCUT2D eigenvalue weighted by Crippen LogP contribution is 2.25. The Kier molecular flexibility index (Phi) is 3.80. The van der Waals surface area contributed by atoms with Gasteiger partial charge in [-0.15, -0.1) is 0 Å². The van der Waals surface area contributed by atoms with Crippen molar-refractivity contribution in [1.29, 1.82) is 0 Å². The SMILES string of the molecule is COc1cnn(C)c1C(N)Cc1cc(F)cc(F)c1. The number of aromatic nitrogens is 2. The number of aryl methyl sites for hydroxylation is 1. The fourth-order valence-corrected chi connectivity index (χ4v) is 2.09. The van der Waals surface area contributed by atoms with Gasteiger partial charge >= 0.3 is 0 Å². The second-order valence-corrected chi connectivity index (χ2v) is 4.31. The largest absolute Gasteiger partial charge is 0.493 e. The first-order valence-electron chi connectivity index (χ1n) is 5.77. The number of ether oxygens (including phenoxy) is 1. The zero-order chi connectivity index (χ0) is 14.0. The van der Waals surface area contributed by atoms with Crippen LogP contribution in [0.1, 0.15) is 17.3 Å². The highest BCUT2D eigenvalue weighted by atomic mass is 19.1. The van der Waals surface area contributed by atoms with Crippen LogP contribution in [-0.2, 0) is 13.5 Å². The van der Waals surface area contributed by atoms with Crippen molar-refractivity contribution in [2.45, 2.75) is 12.5 Å². The van der Waals surface area contributed by atoms with E-state index in [1.165, 1.54) is 19.2 Å². The van der Waals surface area contributed by atoms with Crippen LogP contribution in [0.15, 0.2) is 24.4 Å². The molecule has 1 unspecified atom stereocenters. The van der Waals surface area contributed by atoms with Crippen molar-refractivity contribution in [2.75, 3.05) is 7.11 Å². The molecule has 0 saturated carbocycles. The van der Waals surface area contributed by atoms with Crippen LogP contribution < -0.4 is 10.5 Å². The van der Waals surface area contributed by atoms with E-state index >= 15 is 0 Å². The van der Waals surface area contributed by atoms with Gasteiger partial charge in [0.1, 0.15) is 11.6 Å². The van der Waals surface area contributed by atoms with Crippen LogP contribution >= 0.6 is 0 Å². The molecule has 102 valence electrons. The van der Waals surface area contributed by atoms with Gasteiger partial charge in [-0.3, -0.25) is 4.68 Å². The Morgan fingerprint density at radius 1 is 1.32 bits per heavy atom. The molecule has 0 fully saturated rings. The van der Waals surface area contributed by atoms with E-state index < -0.39 is 17.7 Å². The fraction of sp³-hybridized carbons (Fsp3) is 0.308. The van der Waals surface area contributed by atoms with Crippen molar-refractivity contribution in [2.24, 2.45) is 12.8 Å². The molecule has 4 nitrogen and oxygen atoms in total. The maximum atomic E-state index is 13.1. The lowest BCUT2D eigenvalue weighted by atomic mass is 10.0. The molecule has 0 saturated heterocycles. The number of rotatable bonds is 4. The van der Waals surface area contributed by atoms with E-state index in [0.717, 1.165) is 6.07 Å². The molecule has 0 aliphatic carbocycles. The van der Waals surface area contributed by atoms with Gasteiger partial charge in [0.15, 0.2) is 5.75 Å². The molecule has 6 heteroatoms. The smallest absolute Gasteiger partial charge is 0.161 e. The van der Waals surface area contributed by atoms with Crippen molar-refractivity contribution >= 4 is 0 Å². The summed E-state index contributed by atoms with van der Waals surface area (Å²) in [4.78, 5) is 0. The minimum absolute atomic E-state index is 0.296. The summed E-state index contributed by atoms with van der Waals surface area (Å²) in [5.41, 5.74) is 7.24. The number of nitrogens with zero attached hydrogens (tertiary/aromatic N) is 2. The maximum Gasteiger partial charge on any atom is 0.161 e. The van der Waals surface area contributed by atoms with E-state index in [2.05, 4.69) is 5.10 Å². The summed E-state index contributed by atoms with van der Waals surface area (Å²) < 4.78 is 33.0. The number of nitrogens with two attached hydrogens (primary N) is 1. The molecule has 0 radical (unpaired) electrons. The number of benzene rings is 1. The molecule has 0 aliphatic rings. The first-order valence-corrected chi connectivity index (χ1v) is 5.77. The van der Waals surface area contributed by atoms with Gasteiger partial charge in [0, 0.05) is 13.1 Å². The first kappa shape index (κ1) is 13.5. The van der Waals surface area contributed by atoms with Crippen LogP contribution in [0, 0.1) is 11.6 Å². The topological polar surface area (TPSA) is 53.1 Å². The van der Waals surface area contributed by atoms with Gasteiger partial charge < -0.3 is 10.5 Å². The Labute approximate surface area is 109 Å². The van der Waals surface area contributed by atoms with Crippen LogP contribution in [0.4, 0.5) is 8.78 Å². The summed E-state index contributed by atoms with van der Waals surface area (Å²) in [5, 5.41) is 4.05. The van der Waals surface area contributed by atoms with E-state index in [1.807, 2.05) is 0 Å². The normalized spacial score (nSPS) is 12.5. The zero-order valence-corrected chi connectivity index (χ0v) is 10.7. The van der Waals surface area contributed by atoms with E-state index in [-0.39, 0.29) is 0 Å². The van der Waals surface area contributed by atoms with Crippen LogP contribution in [0.25, 0.3) is 0 Å². The lowest BCUT2D eigenvalue weighted by Gasteiger charge is -2.14. The summed E-state index contributed by atoms with van der Waals surface area (Å²) >= 11 is 0. The lowest BCUT2D eigenvalue weighted by Crippen LogP contribution is -2.18. The van der Waals surface area contributed by atoms with Gasteiger partial charge in [0.25, 0.3) is 0 Å². The van der Waals surface area contributed by atoms with E-state index in [9.17, 15) is 8.78 Å². The third-order valence-corrected chi connectivity index (χ3v) is 2.90. The molecule has 1 atom stereocenters. The van der Waals surface area contributed by atoms with E-state index in [0.29, 0.717) is 23.4 Å². The lowest BCUT2D eigenvalue weighted by molar-refractivity contribution is 0.402. The Balaban J connectivity index is 2.25. The van der Waals surface area contributed by atoms with Gasteiger partial charge in [-0.1, -0.05) is 0 Å². The van der Waals surface area contributed by atoms with Crippen LogP contribution in [0.5, 0.6) is 5.75 Å². The quantitative estimate of drug-likeness (QED) is 0.921. The molecular formula is C13H15F2N3O. The number of hydrogen-bond acceptors (Lipinski definition) is 3. The van der Waals surface area contributed by atoms with Gasteiger partial charge in [0.2, 0.25) is 0 Å². The number of hydrogen-bond donors (Lipinski definition) is 1. The molecule has 0 bridgehead atoms. The molecule has 1 heterocycles. The third-order valence-electron chi connectivity index (χ3n) is 2.90. The summed E-state index contributed by atoms with van der Waals surface area (Å²) in [5.74, 6) is -0.662. The number of methoxy groups -OCH3 is 1. The number of halogens is 2. The van der Waals surface area contributed by atoms with E-state index in [4.69, 9.17) is 10.5 Å². The Morgan fingerprint density at radius 3 is 2.53 bits per heavy atom. The highest BCUT2D eigenvalue weighted by molar-refractivity contribution is 5.30. The van der Waals surface area contributed by atoms with Crippen molar-refractivity contribution in [3.05, 3.63) is 47.3 Å². The Bertz CT molecular complexity index is 563. The highest BCUT2D eigenvalue weighted by Gasteiger charge is 2.18. The average molecular weight is 267 g/mol. The molecule has 0 amide bonds. The zero-order valence-electron chi connectivity index (χ0n) is 10.7. The minimum atomic E-state index is -0.612.